The Balaban J connectivity index is 2.95. The first kappa shape index (κ1) is 12.5. The molecule has 5 heteroatoms. The van der Waals surface area contributed by atoms with Crippen LogP contribution in [0.3, 0.4) is 0 Å². The summed E-state index contributed by atoms with van der Waals surface area (Å²) in [4.78, 5) is 0. The molecule has 0 amide bonds. The standard InChI is InChI=1S/C10H11BrF3N/c11-9-4-3-8(10(12,13)14)6-7(9)2-1-5-15/h3-4,6H,1-2,5,15H2. The van der Waals surface area contributed by atoms with Gasteiger partial charge in [0.15, 0.2) is 0 Å². The van der Waals surface area contributed by atoms with E-state index in [4.69, 9.17) is 5.73 Å². The van der Waals surface area contributed by atoms with Gasteiger partial charge in [0.05, 0.1) is 5.56 Å². The number of hydrogen-bond acceptors (Lipinski definition) is 1. The molecule has 15 heavy (non-hydrogen) atoms. The van der Waals surface area contributed by atoms with Crippen LogP contribution >= 0.6 is 15.9 Å². The van der Waals surface area contributed by atoms with Crippen molar-refractivity contribution in [1.82, 2.24) is 0 Å². The summed E-state index contributed by atoms with van der Waals surface area (Å²) in [7, 11) is 0. The molecule has 0 spiro atoms. The third kappa shape index (κ3) is 3.50. The van der Waals surface area contributed by atoms with Crippen molar-refractivity contribution in [2.75, 3.05) is 6.54 Å². The number of benzene rings is 1. The van der Waals surface area contributed by atoms with Gasteiger partial charge < -0.3 is 5.73 Å². The lowest BCUT2D eigenvalue weighted by atomic mass is 10.1. The zero-order valence-corrected chi connectivity index (χ0v) is 9.53. The predicted molar refractivity (Wildman–Crippen MR) is 56.5 cm³/mol. The van der Waals surface area contributed by atoms with Crippen LogP contribution in [0.5, 0.6) is 0 Å². The number of halogens is 4. The fourth-order valence-corrected chi connectivity index (χ4v) is 1.68. The van der Waals surface area contributed by atoms with Crippen molar-refractivity contribution in [3.05, 3.63) is 33.8 Å². The molecule has 0 fully saturated rings. The van der Waals surface area contributed by atoms with E-state index in [2.05, 4.69) is 15.9 Å². The van der Waals surface area contributed by atoms with E-state index in [1.807, 2.05) is 0 Å². The Kier molecular flexibility index (Phi) is 4.16. The highest BCUT2D eigenvalue weighted by molar-refractivity contribution is 9.10. The first-order chi connectivity index (χ1) is 6.95. The molecular formula is C10H11BrF3N. The third-order valence-electron chi connectivity index (χ3n) is 2.02. The van der Waals surface area contributed by atoms with Gasteiger partial charge in [-0.25, -0.2) is 0 Å². The monoisotopic (exact) mass is 281 g/mol. The maximum absolute atomic E-state index is 12.4. The Bertz CT molecular complexity index is 336. The summed E-state index contributed by atoms with van der Waals surface area (Å²) in [5.74, 6) is 0. The average molecular weight is 282 g/mol. The van der Waals surface area contributed by atoms with Crippen LogP contribution in [0.4, 0.5) is 13.2 Å². The summed E-state index contributed by atoms with van der Waals surface area (Å²) in [6, 6.07) is 3.66. The largest absolute Gasteiger partial charge is 0.416 e. The van der Waals surface area contributed by atoms with Gasteiger partial charge in [0.2, 0.25) is 0 Å². The summed E-state index contributed by atoms with van der Waals surface area (Å²) in [5.41, 5.74) is 5.35. The van der Waals surface area contributed by atoms with Crippen molar-refractivity contribution in [1.29, 1.82) is 0 Å². The van der Waals surface area contributed by atoms with Crippen molar-refractivity contribution in [2.45, 2.75) is 19.0 Å². The second-order valence-electron chi connectivity index (χ2n) is 3.20. The molecule has 0 aliphatic heterocycles. The molecule has 84 valence electrons. The first-order valence-corrected chi connectivity index (χ1v) is 5.30. The minimum absolute atomic E-state index is 0.475. The van der Waals surface area contributed by atoms with Crippen molar-refractivity contribution in [2.24, 2.45) is 5.73 Å². The van der Waals surface area contributed by atoms with Crippen LogP contribution in [-0.4, -0.2) is 6.54 Å². The molecule has 0 heterocycles. The number of nitrogens with two attached hydrogens (primary N) is 1. The van der Waals surface area contributed by atoms with E-state index >= 15 is 0 Å². The zero-order chi connectivity index (χ0) is 11.5. The summed E-state index contributed by atoms with van der Waals surface area (Å²) in [6.07, 6.45) is -3.04. The highest BCUT2D eigenvalue weighted by Gasteiger charge is 2.30. The van der Waals surface area contributed by atoms with E-state index in [0.717, 1.165) is 6.07 Å². The average Bonchev–Trinajstić information content (AvgIpc) is 2.15. The molecule has 0 aliphatic rings. The van der Waals surface area contributed by atoms with Crippen LogP contribution in [0.1, 0.15) is 17.5 Å². The van der Waals surface area contributed by atoms with Gasteiger partial charge in [-0.3, -0.25) is 0 Å². The zero-order valence-electron chi connectivity index (χ0n) is 7.94. The van der Waals surface area contributed by atoms with E-state index in [1.54, 1.807) is 0 Å². The molecular weight excluding hydrogens is 271 g/mol. The van der Waals surface area contributed by atoms with E-state index in [0.29, 0.717) is 29.4 Å². The quantitative estimate of drug-likeness (QED) is 0.903. The third-order valence-corrected chi connectivity index (χ3v) is 2.80. The Morgan fingerprint density at radius 3 is 2.47 bits per heavy atom. The molecule has 2 N–H and O–H groups in total. The van der Waals surface area contributed by atoms with E-state index in [-0.39, 0.29) is 0 Å². The molecule has 1 aromatic rings. The number of rotatable bonds is 3. The maximum Gasteiger partial charge on any atom is 0.416 e. The highest BCUT2D eigenvalue weighted by Crippen LogP contribution is 2.32. The molecule has 1 nitrogen and oxygen atoms in total. The van der Waals surface area contributed by atoms with Gasteiger partial charge in [0.25, 0.3) is 0 Å². The van der Waals surface area contributed by atoms with Gasteiger partial charge >= 0.3 is 6.18 Å². The second-order valence-corrected chi connectivity index (χ2v) is 4.05. The van der Waals surface area contributed by atoms with E-state index in [9.17, 15) is 13.2 Å². The molecule has 0 radical (unpaired) electrons. The van der Waals surface area contributed by atoms with Crippen molar-refractivity contribution in [3.8, 4) is 0 Å². The molecule has 1 aromatic carbocycles. The molecule has 0 aliphatic carbocycles. The van der Waals surface area contributed by atoms with Crippen molar-refractivity contribution >= 4 is 15.9 Å². The Labute approximate surface area is 94.6 Å². The van der Waals surface area contributed by atoms with Gasteiger partial charge in [-0.1, -0.05) is 15.9 Å². The molecule has 1 rings (SSSR count). The first-order valence-electron chi connectivity index (χ1n) is 4.51. The highest BCUT2D eigenvalue weighted by atomic mass is 79.9. The molecule has 0 saturated heterocycles. The number of hydrogen-bond donors (Lipinski definition) is 1. The van der Waals surface area contributed by atoms with Crippen LogP contribution in [0.25, 0.3) is 0 Å². The van der Waals surface area contributed by atoms with Crippen LogP contribution in [0.15, 0.2) is 22.7 Å². The van der Waals surface area contributed by atoms with Gasteiger partial charge in [-0.2, -0.15) is 13.2 Å². The van der Waals surface area contributed by atoms with Crippen LogP contribution in [0.2, 0.25) is 0 Å². The summed E-state index contributed by atoms with van der Waals surface area (Å²) < 4.78 is 37.8. The lowest BCUT2D eigenvalue weighted by molar-refractivity contribution is -0.137. The summed E-state index contributed by atoms with van der Waals surface area (Å²) in [5, 5.41) is 0. The lowest BCUT2D eigenvalue weighted by Gasteiger charge is -2.10. The minimum Gasteiger partial charge on any atom is -0.330 e. The SMILES string of the molecule is NCCCc1cc(C(F)(F)F)ccc1Br. The van der Waals surface area contributed by atoms with Crippen LogP contribution in [0, 0.1) is 0 Å². The van der Waals surface area contributed by atoms with Gasteiger partial charge in [0.1, 0.15) is 0 Å². The Morgan fingerprint density at radius 1 is 1.27 bits per heavy atom. The second kappa shape index (κ2) is 4.99. The minimum atomic E-state index is -4.28. The number of alkyl halides is 3. The molecule has 0 aromatic heterocycles. The fraction of sp³-hybridized carbons (Fsp3) is 0.400. The van der Waals surface area contributed by atoms with Crippen LogP contribution < -0.4 is 5.73 Å². The van der Waals surface area contributed by atoms with Gasteiger partial charge in [-0.15, -0.1) is 0 Å². The fourth-order valence-electron chi connectivity index (χ4n) is 1.24. The van der Waals surface area contributed by atoms with E-state index < -0.39 is 11.7 Å². The lowest BCUT2D eigenvalue weighted by Crippen LogP contribution is -2.06. The summed E-state index contributed by atoms with van der Waals surface area (Å²) in [6.45, 7) is 0.475. The van der Waals surface area contributed by atoms with Gasteiger partial charge in [0, 0.05) is 4.47 Å². The number of aryl methyl sites for hydroxylation is 1. The predicted octanol–water partition coefficient (Wildman–Crippen LogP) is 3.36. The molecule has 0 bridgehead atoms. The molecule has 0 unspecified atom stereocenters. The molecule has 0 saturated carbocycles. The normalized spacial score (nSPS) is 11.8. The van der Waals surface area contributed by atoms with Crippen LogP contribution in [-0.2, 0) is 12.6 Å². The Hall–Kier alpha value is -0.550. The van der Waals surface area contributed by atoms with Crippen molar-refractivity contribution < 1.29 is 13.2 Å². The molecule has 0 atom stereocenters. The maximum atomic E-state index is 12.4. The summed E-state index contributed by atoms with van der Waals surface area (Å²) >= 11 is 3.22. The topological polar surface area (TPSA) is 26.0 Å². The van der Waals surface area contributed by atoms with Gasteiger partial charge in [-0.05, 0) is 43.1 Å². The Morgan fingerprint density at radius 2 is 1.93 bits per heavy atom. The smallest absolute Gasteiger partial charge is 0.330 e. The van der Waals surface area contributed by atoms with E-state index in [1.165, 1.54) is 12.1 Å². The van der Waals surface area contributed by atoms with Crippen molar-refractivity contribution in [3.63, 3.8) is 0 Å².